The van der Waals surface area contributed by atoms with Crippen LogP contribution in [-0.2, 0) is 0 Å². The fourth-order valence-electron chi connectivity index (χ4n) is 1.09. The fraction of sp³-hybridized carbons (Fsp3) is 0.600. The maximum absolute atomic E-state index is 11.6. The van der Waals surface area contributed by atoms with E-state index in [0.717, 1.165) is 0 Å². The molecule has 0 unspecified atom stereocenters. The summed E-state index contributed by atoms with van der Waals surface area (Å²) in [5.41, 5.74) is 1.85. The van der Waals surface area contributed by atoms with Gasteiger partial charge in [-0.15, -0.1) is 11.3 Å². The molecule has 1 aromatic rings. The summed E-state index contributed by atoms with van der Waals surface area (Å²) < 4.78 is 0. The third-order valence-electron chi connectivity index (χ3n) is 2.20. The Morgan fingerprint density at radius 2 is 2.33 bits per heavy atom. The van der Waals surface area contributed by atoms with Gasteiger partial charge in [0.05, 0.1) is 18.2 Å². The largest absolute Gasteiger partial charge is 0.394 e. The summed E-state index contributed by atoms with van der Waals surface area (Å²) in [4.78, 5) is 15.6. The van der Waals surface area contributed by atoms with Crippen LogP contribution in [0.3, 0.4) is 0 Å². The van der Waals surface area contributed by atoms with Crippen LogP contribution in [0.2, 0.25) is 0 Å². The number of nitrogens with one attached hydrogen (secondary N) is 1. The summed E-state index contributed by atoms with van der Waals surface area (Å²) in [6, 6.07) is -0.258. The Hall–Kier alpha value is -0.940. The number of carbonyl (C=O) groups is 1. The van der Waals surface area contributed by atoms with Gasteiger partial charge in [0, 0.05) is 5.38 Å². The maximum Gasteiger partial charge on any atom is 0.271 e. The van der Waals surface area contributed by atoms with Gasteiger partial charge >= 0.3 is 0 Å². The van der Waals surface area contributed by atoms with Gasteiger partial charge in [-0.3, -0.25) is 4.79 Å². The molecule has 0 bridgehead atoms. The number of aliphatic hydroxyl groups excluding tert-OH is 1. The summed E-state index contributed by atoms with van der Waals surface area (Å²) in [5.74, 6) is -0.231. The van der Waals surface area contributed by atoms with Crippen molar-refractivity contribution in [1.29, 1.82) is 0 Å². The van der Waals surface area contributed by atoms with Crippen molar-refractivity contribution in [3.8, 4) is 0 Å². The van der Waals surface area contributed by atoms with Crippen molar-refractivity contribution in [2.45, 2.75) is 26.8 Å². The number of rotatable bonds is 3. The average Bonchev–Trinajstić information content (AvgIpc) is 2.64. The molecule has 84 valence electrons. The Kier molecular flexibility index (Phi) is 3.82. The number of thiazole rings is 1. The predicted octanol–water partition coefficient (Wildman–Crippen LogP) is 1.28. The van der Waals surface area contributed by atoms with Gasteiger partial charge in [0.1, 0.15) is 5.69 Å². The van der Waals surface area contributed by atoms with Crippen LogP contribution in [0, 0.1) is 5.41 Å². The highest BCUT2D eigenvalue weighted by Crippen LogP contribution is 2.19. The smallest absolute Gasteiger partial charge is 0.271 e. The number of aliphatic hydroxyl groups is 1. The Morgan fingerprint density at radius 3 is 2.73 bits per heavy atom. The SMILES string of the molecule is CC(C)(C)[C@@H](CO)NC(=O)c1cscn1. The summed E-state index contributed by atoms with van der Waals surface area (Å²) in [6.07, 6.45) is 0. The molecule has 1 atom stereocenters. The lowest BCUT2D eigenvalue weighted by molar-refractivity contribution is 0.0844. The van der Waals surface area contributed by atoms with Gasteiger partial charge in [-0.05, 0) is 5.41 Å². The molecule has 1 heterocycles. The number of hydrogen-bond donors (Lipinski definition) is 2. The summed E-state index contributed by atoms with van der Waals surface area (Å²) in [5, 5.41) is 13.6. The van der Waals surface area contributed by atoms with Crippen molar-refractivity contribution in [3.63, 3.8) is 0 Å². The molecule has 15 heavy (non-hydrogen) atoms. The third-order valence-corrected chi connectivity index (χ3v) is 2.78. The topological polar surface area (TPSA) is 62.2 Å². The molecule has 0 spiro atoms. The summed E-state index contributed by atoms with van der Waals surface area (Å²) >= 11 is 1.38. The molecular weight excluding hydrogens is 212 g/mol. The van der Waals surface area contributed by atoms with E-state index in [0.29, 0.717) is 5.69 Å². The monoisotopic (exact) mass is 228 g/mol. The third kappa shape index (κ3) is 3.28. The zero-order valence-corrected chi connectivity index (χ0v) is 9.97. The number of aromatic nitrogens is 1. The molecular formula is C10H16N2O2S. The molecule has 1 aromatic heterocycles. The molecule has 0 aliphatic heterocycles. The molecule has 0 saturated carbocycles. The van der Waals surface area contributed by atoms with Crippen LogP contribution in [0.15, 0.2) is 10.9 Å². The van der Waals surface area contributed by atoms with E-state index in [1.165, 1.54) is 11.3 Å². The average molecular weight is 228 g/mol. The summed E-state index contributed by atoms with van der Waals surface area (Å²) in [6.45, 7) is 5.83. The lowest BCUT2D eigenvalue weighted by Gasteiger charge is -2.29. The standard InChI is InChI=1S/C10H16N2O2S/c1-10(2,3)8(4-13)12-9(14)7-5-15-6-11-7/h5-6,8,13H,4H2,1-3H3,(H,12,14)/t8-/m1/s1. The number of hydrogen-bond acceptors (Lipinski definition) is 4. The summed E-state index contributed by atoms with van der Waals surface area (Å²) in [7, 11) is 0. The highest BCUT2D eigenvalue weighted by molar-refractivity contribution is 7.07. The van der Waals surface area contributed by atoms with E-state index in [2.05, 4.69) is 10.3 Å². The lowest BCUT2D eigenvalue weighted by Crippen LogP contribution is -2.46. The molecule has 0 saturated heterocycles. The number of carbonyl (C=O) groups excluding carboxylic acids is 1. The van der Waals surface area contributed by atoms with Crippen LogP contribution in [0.1, 0.15) is 31.3 Å². The van der Waals surface area contributed by atoms with Crippen molar-refractivity contribution >= 4 is 17.2 Å². The molecule has 0 aromatic carbocycles. The minimum atomic E-state index is -0.258. The molecule has 0 aliphatic carbocycles. The van der Waals surface area contributed by atoms with Gasteiger partial charge in [-0.1, -0.05) is 20.8 Å². The molecule has 1 amide bonds. The molecule has 1 rings (SSSR count). The van der Waals surface area contributed by atoms with E-state index in [4.69, 9.17) is 0 Å². The second-order valence-corrected chi connectivity index (χ2v) is 5.17. The molecule has 0 aliphatic rings. The van der Waals surface area contributed by atoms with Crippen LogP contribution < -0.4 is 5.32 Å². The molecule has 2 N–H and O–H groups in total. The second kappa shape index (κ2) is 4.72. The minimum Gasteiger partial charge on any atom is -0.394 e. The van der Waals surface area contributed by atoms with E-state index in [9.17, 15) is 9.90 Å². The highest BCUT2D eigenvalue weighted by Gasteiger charge is 2.26. The first kappa shape index (κ1) is 12.1. The minimum absolute atomic E-state index is 0.0701. The van der Waals surface area contributed by atoms with Gasteiger partial charge in [-0.2, -0.15) is 0 Å². The fourth-order valence-corrected chi connectivity index (χ4v) is 1.62. The Balaban J connectivity index is 2.65. The van der Waals surface area contributed by atoms with Crippen molar-refractivity contribution in [2.75, 3.05) is 6.61 Å². The van der Waals surface area contributed by atoms with E-state index in [1.807, 2.05) is 20.8 Å². The number of amides is 1. The van der Waals surface area contributed by atoms with Crippen molar-refractivity contribution in [3.05, 3.63) is 16.6 Å². The van der Waals surface area contributed by atoms with Crippen LogP contribution in [0.4, 0.5) is 0 Å². The Morgan fingerprint density at radius 1 is 1.67 bits per heavy atom. The van der Waals surface area contributed by atoms with E-state index in [-0.39, 0.29) is 24.0 Å². The van der Waals surface area contributed by atoms with Crippen molar-refractivity contribution < 1.29 is 9.90 Å². The van der Waals surface area contributed by atoms with Gasteiger partial charge < -0.3 is 10.4 Å². The van der Waals surface area contributed by atoms with Crippen molar-refractivity contribution in [2.24, 2.45) is 5.41 Å². The van der Waals surface area contributed by atoms with E-state index >= 15 is 0 Å². The van der Waals surface area contributed by atoms with Crippen LogP contribution in [0.5, 0.6) is 0 Å². The lowest BCUT2D eigenvalue weighted by atomic mass is 9.87. The number of nitrogens with zero attached hydrogens (tertiary/aromatic N) is 1. The van der Waals surface area contributed by atoms with Gasteiger partial charge in [0.25, 0.3) is 5.91 Å². The first-order chi connectivity index (χ1) is 6.95. The Labute approximate surface area is 93.4 Å². The molecule has 5 heteroatoms. The zero-order valence-electron chi connectivity index (χ0n) is 9.15. The quantitative estimate of drug-likeness (QED) is 0.819. The maximum atomic E-state index is 11.6. The first-order valence-electron chi connectivity index (χ1n) is 4.75. The molecule has 0 radical (unpaired) electrons. The zero-order chi connectivity index (χ0) is 11.5. The Bertz CT molecular complexity index is 317. The van der Waals surface area contributed by atoms with Crippen LogP contribution >= 0.6 is 11.3 Å². The first-order valence-corrected chi connectivity index (χ1v) is 5.69. The van der Waals surface area contributed by atoms with E-state index in [1.54, 1.807) is 10.9 Å². The molecule has 4 nitrogen and oxygen atoms in total. The van der Waals surface area contributed by atoms with Gasteiger partial charge in [0.15, 0.2) is 0 Å². The van der Waals surface area contributed by atoms with Crippen LogP contribution in [-0.4, -0.2) is 28.6 Å². The highest BCUT2D eigenvalue weighted by atomic mass is 32.1. The van der Waals surface area contributed by atoms with Gasteiger partial charge in [-0.25, -0.2) is 4.98 Å². The molecule has 0 fully saturated rings. The van der Waals surface area contributed by atoms with Gasteiger partial charge in [0.2, 0.25) is 0 Å². The van der Waals surface area contributed by atoms with E-state index < -0.39 is 0 Å². The normalized spacial score (nSPS) is 13.6. The second-order valence-electron chi connectivity index (χ2n) is 4.45. The van der Waals surface area contributed by atoms with Crippen molar-refractivity contribution in [1.82, 2.24) is 10.3 Å². The van der Waals surface area contributed by atoms with Crippen LogP contribution in [0.25, 0.3) is 0 Å². The predicted molar refractivity (Wildman–Crippen MR) is 59.9 cm³/mol.